The molecule has 1 aromatic carbocycles. The molecule has 1 aliphatic carbocycles. The Kier molecular flexibility index (Phi) is 8.18. The average molecular weight is 583 g/mol. The molecule has 41 heavy (non-hydrogen) atoms. The number of fused-ring (bicyclic) bond motifs is 1. The number of ether oxygens (including phenoxy) is 1. The van der Waals surface area contributed by atoms with Crippen LogP contribution in [-0.4, -0.2) is 77.5 Å². The van der Waals surface area contributed by atoms with Gasteiger partial charge in [0.15, 0.2) is 0 Å². The number of carbonyl (C=O) groups excluding carboxylic acids is 3. The van der Waals surface area contributed by atoms with Crippen molar-refractivity contribution in [1.29, 1.82) is 0 Å². The predicted molar refractivity (Wildman–Crippen MR) is 158 cm³/mol. The van der Waals surface area contributed by atoms with Crippen LogP contribution in [0.25, 0.3) is 0 Å². The van der Waals surface area contributed by atoms with E-state index >= 15 is 0 Å². The van der Waals surface area contributed by atoms with Gasteiger partial charge in [0.2, 0.25) is 17.7 Å². The van der Waals surface area contributed by atoms with Crippen molar-refractivity contribution >= 4 is 35.0 Å². The average Bonchev–Trinajstić information content (AvgIpc) is 3.59. The van der Waals surface area contributed by atoms with E-state index in [-0.39, 0.29) is 23.8 Å². The number of likely N-dealkylation sites (tertiary alicyclic amines) is 2. The normalized spacial score (nSPS) is 36.4. The van der Waals surface area contributed by atoms with Crippen molar-refractivity contribution in [3.05, 3.63) is 41.4 Å². The molecule has 0 unspecified atom stereocenters. The van der Waals surface area contributed by atoms with Gasteiger partial charge < -0.3 is 25.2 Å². The third-order valence-corrected chi connectivity index (χ3v) is 10.6. The van der Waals surface area contributed by atoms with Crippen molar-refractivity contribution in [2.45, 2.75) is 82.6 Å². The largest absolute Gasteiger partial charge is 0.359 e. The Bertz CT molecular complexity index is 1200. The van der Waals surface area contributed by atoms with Gasteiger partial charge in [-0.15, -0.1) is 0 Å². The molecule has 8 nitrogen and oxygen atoms in total. The Labute approximate surface area is 248 Å². The summed E-state index contributed by atoms with van der Waals surface area (Å²) in [5, 5.41) is 6.80. The van der Waals surface area contributed by atoms with E-state index in [2.05, 4.69) is 29.4 Å². The molecule has 1 spiro atoms. The lowest BCUT2D eigenvalue weighted by molar-refractivity contribution is -0.141. The van der Waals surface area contributed by atoms with E-state index < -0.39 is 29.6 Å². The second kappa shape index (κ2) is 11.7. The summed E-state index contributed by atoms with van der Waals surface area (Å²) in [6.07, 6.45) is 10.9. The Morgan fingerprint density at radius 3 is 2.66 bits per heavy atom. The quantitative estimate of drug-likeness (QED) is 0.447. The number of nitrogens with one attached hydrogen (secondary N) is 2. The van der Waals surface area contributed by atoms with Crippen molar-refractivity contribution < 1.29 is 19.1 Å². The highest BCUT2D eigenvalue weighted by atomic mass is 35.5. The number of piperidine rings is 1. The number of hydrogen-bond acceptors (Lipinski definition) is 5. The summed E-state index contributed by atoms with van der Waals surface area (Å²) in [7, 11) is 0. The van der Waals surface area contributed by atoms with E-state index in [4.69, 9.17) is 16.3 Å². The van der Waals surface area contributed by atoms with Crippen LogP contribution in [0.15, 0.2) is 36.4 Å². The molecule has 0 radical (unpaired) electrons. The van der Waals surface area contributed by atoms with Gasteiger partial charge in [0.05, 0.1) is 17.9 Å². The summed E-state index contributed by atoms with van der Waals surface area (Å²) in [4.78, 5) is 46.2. The maximum atomic E-state index is 14.2. The zero-order valence-electron chi connectivity index (χ0n) is 24.2. The zero-order chi connectivity index (χ0) is 28.7. The molecule has 2 N–H and O–H groups in total. The molecule has 5 aliphatic rings. The SMILES string of the molecule is C[C@@H]1[C@H](C)CCC[C@@H]1NC(=O)[C@@H]1N(CCCN2CCCCC2)C(=O)[C@@H]2[C@H](C(=O)Nc3cccc(Cl)c3)[C@@H]3C=C[C@]21O3. The summed E-state index contributed by atoms with van der Waals surface area (Å²) in [5.41, 5.74) is -0.571. The van der Waals surface area contributed by atoms with E-state index in [0.717, 1.165) is 38.9 Å². The van der Waals surface area contributed by atoms with Gasteiger partial charge in [-0.05, 0) is 75.4 Å². The molecule has 1 aromatic rings. The zero-order valence-corrected chi connectivity index (χ0v) is 24.9. The summed E-state index contributed by atoms with van der Waals surface area (Å²) < 4.78 is 6.52. The molecule has 8 atom stereocenters. The van der Waals surface area contributed by atoms with Gasteiger partial charge in [-0.1, -0.05) is 62.9 Å². The van der Waals surface area contributed by atoms with Gasteiger partial charge in [-0.3, -0.25) is 14.4 Å². The Morgan fingerprint density at radius 2 is 1.88 bits per heavy atom. The van der Waals surface area contributed by atoms with E-state index in [1.54, 1.807) is 29.2 Å². The summed E-state index contributed by atoms with van der Waals surface area (Å²) >= 11 is 6.14. The van der Waals surface area contributed by atoms with Crippen LogP contribution in [0, 0.1) is 23.7 Å². The molecule has 222 valence electrons. The highest BCUT2D eigenvalue weighted by Gasteiger charge is 2.72. The van der Waals surface area contributed by atoms with E-state index in [1.165, 1.54) is 25.7 Å². The van der Waals surface area contributed by atoms with Crippen LogP contribution in [0.5, 0.6) is 0 Å². The van der Waals surface area contributed by atoms with Crippen molar-refractivity contribution in [2.24, 2.45) is 23.7 Å². The standard InChI is InChI=1S/C32H43ClN4O4/c1-20-9-6-12-24(21(20)2)35-30(39)28-32-14-13-25(41-32)26(29(38)34-23-11-7-10-22(33)19-23)27(32)31(40)37(28)18-8-17-36-15-4-3-5-16-36/h7,10-11,13-14,19-21,24-28H,3-6,8-9,12,15-18H2,1-2H3,(H,34,38)(H,35,39)/t20-,21-,24+,25+,26-,27+,28+,32+/m1/s1. The van der Waals surface area contributed by atoms with Crippen LogP contribution in [0.2, 0.25) is 5.02 Å². The maximum Gasteiger partial charge on any atom is 0.246 e. The topological polar surface area (TPSA) is 91.0 Å². The van der Waals surface area contributed by atoms with E-state index in [9.17, 15) is 14.4 Å². The van der Waals surface area contributed by atoms with Gasteiger partial charge >= 0.3 is 0 Å². The minimum absolute atomic E-state index is 0.0662. The number of amides is 3. The number of nitrogens with zero attached hydrogens (tertiary/aromatic N) is 2. The molecule has 0 aromatic heterocycles. The fourth-order valence-corrected chi connectivity index (χ4v) is 8.18. The summed E-state index contributed by atoms with van der Waals surface area (Å²) in [6.45, 7) is 7.98. The number of hydrogen-bond donors (Lipinski definition) is 2. The van der Waals surface area contributed by atoms with Crippen LogP contribution in [-0.2, 0) is 19.1 Å². The molecule has 3 amide bonds. The lowest BCUT2D eigenvalue weighted by Gasteiger charge is -2.38. The van der Waals surface area contributed by atoms with Crippen LogP contribution in [0.4, 0.5) is 5.69 Å². The number of carbonyl (C=O) groups is 3. The number of halogens is 1. The van der Waals surface area contributed by atoms with E-state index in [0.29, 0.717) is 29.1 Å². The molecular formula is C32H43ClN4O4. The van der Waals surface area contributed by atoms with Crippen LogP contribution in [0.1, 0.15) is 58.8 Å². The number of benzene rings is 1. The third-order valence-electron chi connectivity index (χ3n) is 10.4. The molecule has 4 fully saturated rings. The highest BCUT2D eigenvalue weighted by Crippen LogP contribution is 2.55. The minimum Gasteiger partial charge on any atom is -0.359 e. The molecule has 4 heterocycles. The first-order valence-corrected chi connectivity index (χ1v) is 15.9. The third kappa shape index (κ3) is 5.32. The van der Waals surface area contributed by atoms with Gasteiger partial charge in [0.25, 0.3) is 0 Å². The smallest absolute Gasteiger partial charge is 0.246 e. The first kappa shape index (κ1) is 28.7. The van der Waals surface area contributed by atoms with Gasteiger partial charge in [0.1, 0.15) is 11.6 Å². The van der Waals surface area contributed by atoms with Crippen molar-refractivity contribution in [2.75, 3.05) is 31.5 Å². The fraction of sp³-hybridized carbons (Fsp3) is 0.656. The van der Waals surface area contributed by atoms with Crippen molar-refractivity contribution in [1.82, 2.24) is 15.1 Å². The lowest BCUT2D eigenvalue weighted by Crippen LogP contribution is -2.58. The van der Waals surface area contributed by atoms with Gasteiger partial charge in [-0.25, -0.2) is 0 Å². The van der Waals surface area contributed by atoms with Crippen molar-refractivity contribution in [3.63, 3.8) is 0 Å². The molecule has 4 aliphatic heterocycles. The Hall–Kier alpha value is -2.42. The van der Waals surface area contributed by atoms with Crippen molar-refractivity contribution in [3.8, 4) is 0 Å². The van der Waals surface area contributed by atoms with Crippen LogP contribution in [0.3, 0.4) is 0 Å². The Morgan fingerprint density at radius 1 is 1.07 bits per heavy atom. The van der Waals surface area contributed by atoms with Gasteiger partial charge in [0, 0.05) is 23.3 Å². The monoisotopic (exact) mass is 582 g/mol. The Balaban J connectivity index is 1.25. The van der Waals surface area contributed by atoms with Crippen LogP contribution < -0.4 is 10.6 Å². The molecular weight excluding hydrogens is 540 g/mol. The summed E-state index contributed by atoms with van der Waals surface area (Å²) in [5.74, 6) is -1.18. The summed E-state index contributed by atoms with van der Waals surface area (Å²) in [6, 6.07) is 6.25. The molecule has 1 saturated carbocycles. The van der Waals surface area contributed by atoms with Gasteiger partial charge in [-0.2, -0.15) is 0 Å². The first-order chi connectivity index (χ1) is 19.8. The second-order valence-electron chi connectivity index (χ2n) is 12.9. The second-order valence-corrected chi connectivity index (χ2v) is 13.3. The molecule has 9 heteroatoms. The van der Waals surface area contributed by atoms with Crippen LogP contribution >= 0.6 is 11.6 Å². The molecule has 3 saturated heterocycles. The molecule has 6 rings (SSSR count). The first-order valence-electron chi connectivity index (χ1n) is 15.6. The molecule has 2 bridgehead atoms. The minimum atomic E-state index is -1.14. The highest BCUT2D eigenvalue weighted by molar-refractivity contribution is 6.30. The number of anilines is 1. The predicted octanol–water partition coefficient (Wildman–Crippen LogP) is 4.25. The fourth-order valence-electron chi connectivity index (χ4n) is 7.99. The maximum absolute atomic E-state index is 14.2. The lowest BCUT2D eigenvalue weighted by atomic mass is 9.73. The van der Waals surface area contributed by atoms with E-state index in [1.807, 2.05) is 12.2 Å². The number of rotatable bonds is 8.